The first kappa shape index (κ1) is 38.8. The fraction of sp³-hybridized carbons (Fsp3) is 0.444. The quantitative estimate of drug-likeness (QED) is 0.159. The number of rotatable bonds is 12. The number of pyridine rings is 4. The molecule has 0 aliphatic carbocycles. The summed E-state index contributed by atoms with van der Waals surface area (Å²) >= 11 is -1.29. The van der Waals surface area contributed by atoms with Crippen LogP contribution in [0.15, 0.2) is 85.5 Å². The Morgan fingerprint density at radius 2 is 0.800 bits per heavy atom. The first-order chi connectivity index (χ1) is 21.5. The third kappa shape index (κ3) is 15.1. The topological polar surface area (TPSA) is 92.0 Å². The fourth-order valence-electron chi connectivity index (χ4n) is 5.64. The van der Waals surface area contributed by atoms with Crippen LogP contribution in [0, 0.1) is 23.7 Å². The molecule has 6 nitrogen and oxygen atoms in total. The Morgan fingerprint density at radius 3 is 1.02 bits per heavy atom. The van der Waals surface area contributed by atoms with Gasteiger partial charge in [-0.25, -0.2) is 0 Å². The molecule has 0 bridgehead atoms. The maximum atomic E-state index is 7.22. The van der Waals surface area contributed by atoms with Gasteiger partial charge >= 0.3 is 25.7 Å². The van der Waals surface area contributed by atoms with Crippen LogP contribution in [0.5, 0.6) is 0 Å². The zero-order valence-corrected chi connectivity index (χ0v) is 32.5. The molecule has 0 aliphatic heterocycles. The molecule has 0 saturated carbocycles. The van der Waals surface area contributed by atoms with Crippen molar-refractivity contribution in [2.24, 2.45) is 23.7 Å². The van der Waals surface area contributed by atoms with Crippen LogP contribution in [0.2, 0.25) is 24.2 Å². The van der Waals surface area contributed by atoms with E-state index in [-0.39, 0.29) is 0 Å². The van der Waals surface area contributed by atoms with Gasteiger partial charge in [0.25, 0.3) is 0 Å². The molecule has 246 valence electrons. The van der Waals surface area contributed by atoms with Gasteiger partial charge in [-0.3, -0.25) is 19.9 Å². The fourth-order valence-corrected chi connectivity index (χ4v) is 13.0. The Balaban J connectivity index is 0.000000288. The third-order valence-electron chi connectivity index (χ3n) is 7.39. The molecular weight excluding hydrogens is 678 g/mol. The second-order valence-electron chi connectivity index (χ2n) is 13.4. The van der Waals surface area contributed by atoms with Crippen molar-refractivity contribution in [3.63, 3.8) is 0 Å². The van der Waals surface area contributed by atoms with Gasteiger partial charge in [0.1, 0.15) is 0 Å². The zero-order valence-electron chi connectivity index (χ0n) is 28.4. The summed E-state index contributed by atoms with van der Waals surface area (Å²) in [6, 6.07) is 26.2. The van der Waals surface area contributed by atoms with Gasteiger partial charge in [0.05, 0.1) is 40.4 Å². The number of aromatic nitrogens is 4. The van der Waals surface area contributed by atoms with E-state index in [0.717, 1.165) is 46.4 Å². The monoisotopic (exact) mass is 732 g/mol. The predicted molar refractivity (Wildman–Crippen MR) is 192 cm³/mol. The summed E-state index contributed by atoms with van der Waals surface area (Å²) in [7, 11) is -1.81. The van der Waals surface area contributed by atoms with Gasteiger partial charge in [-0.2, -0.15) is 0 Å². The maximum absolute atomic E-state index is 7.22. The van der Waals surface area contributed by atoms with Crippen LogP contribution in [0.1, 0.15) is 55.4 Å². The summed E-state index contributed by atoms with van der Waals surface area (Å²) in [6.45, 7) is 18.6. The summed E-state index contributed by atoms with van der Waals surface area (Å²) in [5.41, 5.74) is 3.85. The molecule has 0 radical (unpaired) electrons. The summed E-state index contributed by atoms with van der Waals surface area (Å²) in [4.78, 5) is 18.1. The van der Waals surface area contributed by atoms with E-state index in [9.17, 15) is 0 Å². The van der Waals surface area contributed by atoms with E-state index >= 15 is 0 Å². The van der Waals surface area contributed by atoms with Crippen molar-refractivity contribution >= 4 is 28.0 Å². The summed E-state index contributed by atoms with van der Waals surface area (Å²) in [5.74, 6) is 3.10. The van der Waals surface area contributed by atoms with E-state index in [2.05, 4.69) is 112 Å². The number of hydrogen-bond donors (Lipinski definition) is 2. The molecule has 0 aliphatic rings. The van der Waals surface area contributed by atoms with Crippen LogP contribution in [0.25, 0.3) is 22.8 Å². The summed E-state index contributed by atoms with van der Waals surface area (Å²) in [5, 5.41) is 2.99. The molecule has 9 heteroatoms. The molecule has 4 aromatic rings. The van der Waals surface area contributed by atoms with Gasteiger partial charge < -0.3 is 0 Å². The van der Waals surface area contributed by atoms with Crippen LogP contribution >= 0.6 is 0 Å². The average molecular weight is 732 g/mol. The molecule has 0 amide bonds. The van der Waals surface area contributed by atoms with Gasteiger partial charge in [0.15, 0.2) is 0 Å². The van der Waals surface area contributed by atoms with Crippen LogP contribution in [0.3, 0.4) is 0 Å². The van der Waals surface area contributed by atoms with Crippen LogP contribution in [-0.2, 0) is 17.8 Å². The summed E-state index contributed by atoms with van der Waals surface area (Å²) < 4.78 is 14.4. The van der Waals surface area contributed by atoms with Gasteiger partial charge in [-0.1, -0.05) is 104 Å². The van der Waals surface area contributed by atoms with Crippen molar-refractivity contribution in [2.45, 2.75) is 79.6 Å². The van der Waals surface area contributed by atoms with Crippen LogP contribution < -0.4 is 10.4 Å². The average Bonchev–Trinajstić information content (AvgIpc) is 3.01. The van der Waals surface area contributed by atoms with Crippen molar-refractivity contribution in [3.8, 4) is 22.8 Å². The van der Waals surface area contributed by atoms with E-state index in [1.807, 2.05) is 48.8 Å². The molecule has 0 aromatic carbocycles. The Hall–Kier alpha value is -2.42. The second kappa shape index (κ2) is 21.4. The van der Waals surface area contributed by atoms with Gasteiger partial charge in [0.2, 0.25) is 0 Å². The Bertz CT molecular complexity index is 1190. The molecule has 0 spiro atoms. The van der Waals surface area contributed by atoms with E-state index < -0.39 is 35.4 Å². The molecule has 4 rings (SSSR count). The minimum absolute atomic E-state index is 0.774. The van der Waals surface area contributed by atoms with Gasteiger partial charge in [-0.05, 0) is 70.4 Å². The molecule has 2 N–H and O–H groups in total. The van der Waals surface area contributed by atoms with Gasteiger partial charge in [-0.15, -0.1) is 0 Å². The standard InChI is InChI=1S/2C18H26N2Si.2H2O.Ru/c2*1-14(2)12-21(13-15(3)4)16-8-9-18(20-11-16)17-7-5-6-10-19-17;;;/h2*5-11,14-15,21H,12-13H2,1-4H3;2*1H2;/q;;;;+2/p-2. The molecule has 45 heavy (non-hydrogen) atoms. The number of nitrogens with zero attached hydrogens (tertiary/aromatic N) is 4. The van der Waals surface area contributed by atoms with Crippen molar-refractivity contribution in [2.75, 3.05) is 0 Å². The molecule has 0 saturated heterocycles. The molecule has 0 unspecified atom stereocenters. The Morgan fingerprint density at radius 1 is 0.489 bits per heavy atom. The van der Waals surface area contributed by atoms with Crippen molar-refractivity contribution in [1.82, 2.24) is 19.9 Å². The van der Waals surface area contributed by atoms with E-state index in [4.69, 9.17) is 7.87 Å². The van der Waals surface area contributed by atoms with E-state index in [1.165, 1.54) is 34.5 Å². The Labute approximate surface area is 283 Å². The normalized spacial score (nSPS) is 11.3. The van der Waals surface area contributed by atoms with Crippen molar-refractivity contribution in [3.05, 3.63) is 85.5 Å². The van der Waals surface area contributed by atoms with Crippen molar-refractivity contribution < 1.29 is 25.7 Å². The predicted octanol–water partition coefficient (Wildman–Crippen LogP) is 6.66. The molecule has 4 aromatic heterocycles. The first-order valence-corrected chi connectivity index (χ1v) is 22.2. The minimum atomic E-state index is -1.29. The van der Waals surface area contributed by atoms with Crippen LogP contribution in [-0.4, -0.2) is 45.4 Å². The second-order valence-corrected chi connectivity index (χ2v) is 19.7. The third-order valence-corrected chi connectivity index (χ3v) is 16.0. The van der Waals surface area contributed by atoms with Crippen LogP contribution in [0.4, 0.5) is 0 Å². The van der Waals surface area contributed by atoms with E-state index in [0.29, 0.717) is 0 Å². The van der Waals surface area contributed by atoms with Gasteiger partial charge in [0, 0.05) is 24.8 Å². The Kier molecular flexibility index (Phi) is 18.4. The first-order valence-electron chi connectivity index (χ1n) is 16.2. The summed E-state index contributed by atoms with van der Waals surface area (Å²) in [6.07, 6.45) is 7.84. The molecule has 0 atom stereocenters. The SMILES string of the molecule is CC(C)C[SiH](CC(C)C)c1ccc(-c2ccccn2)nc1.CC(C)C[SiH](CC(C)C)c1ccc(-c2ccccn2)nc1.[OH][Ru][OH]. The number of hydrogen-bond acceptors (Lipinski definition) is 6. The zero-order chi connectivity index (χ0) is 33.2. The molecule has 0 fully saturated rings. The van der Waals surface area contributed by atoms with E-state index in [1.54, 1.807) is 0 Å². The molecule has 4 heterocycles. The molecular formula is C36H54N4O2RuSi2. The van der Waals surface area contributed by atoms with Crippen molar-refractivity contribution in [1.29, 1.82) is 0 Å².